The highest BCUT2D eigenvalue weighted by Crippen LogP contribution is 2.45. The van der Waals surface area contributed by atoms with Gasteiger partial charge in [0, 0.05) is 16.5 Å². The molecule has 0 radical (unpaired) electrons. The van der Waals surface area contributed by atoms with Crippen molar-refractivity contribution in [1.82, 2.24) is 0 Å². The minimum Gasteiger partial charge on any atom is -0.458 e. The number of rotatable bonds is 2. The van der Waals surface area contributed by atoms with E-state index < -0.39 is 0 Å². The van der Waals surface area contributed by atoms with Crippen molar-refractivity contribution in [3.63, 3.8) is 0 Å². The average molecular weight is 614 g/mol. The predicted molar refractivity (Wildman–Crippen MR) is 193 cm³/mol. The molecule has 4 nitrogen and oxygen atoms in total. The molecule has 4 aliphatic heterocycles. The van der Waals surface area contributed by atoms with Crippen LogP contribution in [0, 0.1) is 0 Å². The van der Waals surface area contributed by atoms with E-state index in [4.69, 9.17) is 18.9 Å². The molecule has 0 bridgehead atoms. The van der Waals surface area contributed by atoms with Crippen LogP contribution in [0.1, 0.15) is 0 Å². The fraction of sp³-hybridized carbons (Fsp3) is 0. The van der Waals surface area contributed by atoms with E-state index in [0.717, 1.165) is 101 Å². The van der Waals surface area contributed by atoms with Gasteiger partial charge in [0.25, 0.3) is 13.4 Å². The molecule has 6 heteroatoms. The molecule has 7 aromatic carbocycles. The smallest absolute Gasteiger partial charge is 0.260 e. The fourth-order valence-electron chi connectivity index (χ4n) is 8.12. The third-order valence-electron chi connectivity index (χ3n) is 10.2. The van der Waals surface area contributed by atoms with Crippen LogP contribution in [0.2, 0.25) is 0 Å². The molecule has 0 aromatic heterocycles. The predicted octanol–water partition coefficient (Wildman–Crippen LogP) is 6.48. The molecule has 4 aliphatic rings. The number of para-hydroxylation sites is 4. The first-order chi connectivity index (χ1) is 23.8. The SMILES string of the molecule is c1ccc2c(c1)Oc1cc(-c3ccccc3-c3ccc4c5c3Oc3ccccc3B5c3ccccc3O4)cc3c1B2c1ccccc1O3. The summed E-state index contributed by atoms with van der Waals surface area (Å²) in [6, 6.07) is 50.4. The van der Waals surface area contributed by atoms with Crippen LogP contribution in [-0.4, -0.2) is 13.4 Å². The van der Waals surface area contributed by atoms with Gasteiger partial charge in [-0.15, -0.1) is 0 Å². The van der Waals surface area contributed by atoms with Gasteiger partial charge in [0.15, 0.2) is 0 Å². The number of fused-ring (bicyclic) bond motifs is 8. The Hall–Kier alpha value is -6.13. The van der Waals surface area contributed by atoms with E-state index in [9.17, 15) is 0 Å². The molecule has 4 heterocycles. The molecule has 0 spiro atoms. The molecule has 0 N–H and O–H groups in total. The van der Waals surface area contributed by atoms with Crippen LogP contribution in [0.25, 0.3) is 22.3 Å². The van der Waals surface area contributed by atoms with E-state index in [-0.39, 0.29) is 13.4 Å². The minimum atomic E-state index is 0.00378. The monoisotopic (exact) mass is 614 g/mol. The summed E-state index contributed by atoms with van der Waals surface area (Å²) >= 11 is 0. The molecule has 0 unspecified atom stereocenters. The fourth-order valence-corrected chi connectivity index (χ4v) is 8.12. The normalized spacial score (nSPS) is 13.6. The van der Waals surface area contributed by atoms with Crippen LogP contribution in [-0.2, 0) is 0 Å². The zero-order chi connectivity index (χ0) is 31.3. The summed E-state index contributed by atoms with van der Waals surface area (Å²) in [7, 11) is 0. The number of hydrogen-bond donors (Lipinski definition) is 0. The molecule has 0 atom stereocenters. The standard InChI is InChI=1S/C42H24B2O4/c1-2-12-27(28-21-22-37-41-42(28)48-36-20-10-6-16-32(36)44(41)31-15-5-7-17-33(31)45-37)26(11-1)25-23-38-40-39(24-25)47-35-19-9-4-14-30(35)43(40)29-13-3-8-18-34(29)46-38/h1-24H. The summed E-state index contributed by atoms with van der Waals surface area (Å²) in [5.41, 5.74) is 10.9. The second-order valence-electron chi connectivity index (χ2n) is 12.7. The Morgan fingerprint density at radius 1 is 0.312 bits per heavy atom. The van der Waals surface area contributed by atoms with Crippen molar-refractivity contribution >= 4 is 46.2 Å². The third-order valence-corrected chi connectivity index (χ3v) is 10.2. The van der Waals surface area contributed by atoms with Crippen molar-refractivity contribution in [3.05, 3.63) is 146 Å². The molecular weight excluding hydrogens is 590 g/mol. The van der Waals surface area contributed by atoms with Crippen molar-refractivity contribution < 1.29 is 18.9 Å². The highest BCUT2D eigenvalue weighted by molar-refractivity contribution is 6.99. The van der Waals surface area contributed by atoms with E-state index in [1.807, 2.05) is 30.3 Å². The molecule has 11 rings (SSSR count). The average Bonchev–Trinajstić information content (AvgIpc) is 3.14. The minimum absolute atomic E-state index is 0.00378. The number of ether oxygens (including phenoxy) is 4. The summed E-state index contributed by atoms with van der Waals surface area (Å²) in [5, 5.41) is 0. The molecule has 48 heavy (non-hydrogen) atoms. The molecule has 0 amide bonds. The Morgan fingerprint density at radius 3 is 1.31 bits per heavy atom. The summed E-state index contributed by atoms with van der Waals surface area (Å²) in [4.78, 5) is 0. The van der Waals surface area contributed by atoms with Crippen LogP contribution in [0.15, 0.2) is 146 Å². The molecule has 0 aliphatic carbocycles. The van der Waals surface area contributed by atoms with E-state index in [2.05, 4.69) is 115 Å². The summed E-state index contributed by atoms with van der Waals surface area (Å²) in [6.45, 7) is 0.0386. The molecule has 0 saturated carbocycles. The van der Waals surface area contributed by atoms with Crippen LogP contribution in [0.5, 0.6) is 46.0 Å². The van der Waals surface area contributed by atoms with E-state index in [0.29, 0.717) is 0 Å². The van der Waals surface area contributed by atoms with Crippen LogP contribution in [0.3, 0.4) is 0 Å². The van der Waals surface area contributed by atoms with Gasteiger partial charge in [0.2, 0.25) is 0 Å². The number of benzene rings is 7. The Kier molecular flexibility index (Phi) is 5.25. The van der Waals surface area contributed by atoms with Gasteiger partial charge in [-0.3, -0.25) is 0 Å². The van der Waals surface area contributed by atoms with Crippen molar-refractivity contribution in [2.75, 3.05) is 0 Å². The molecule has 222 valence electrons. The maximum Gasteiger partial charge on any atom is 0.260 e. The van der Waals surface area contributed by atoms with Gasteiger partial charge >= 0.3 is 0 Å². The van der Waals surface area contributed by atoms with E-state index in [1.165, 1.54) is 0 Å². The first kappa shape index (κ1) is 26.0. The van der Waals surface area contributed by atoms with Crippen LogP contribution < -0.4 is 51.7 Å². The van der Waals surface area contributed by atoms with Gasteiger partial charge in [-0.1, -0.05) is 97.1 Å². The van der Waals surface area contributed by atoms with Crippen molar-refractivity contribution in [2.24, 2.45) is 0 Å². The first-order valence-corrected chi connectivity index (χ1v) is 16.3. The molecular formula is C42H24B2O4. The zero-order valence-electron chi connectivity index (χ0n) is 25.6. The van der Waals surface area contributed by atoms with Gasteiger partial charge in [-0.05, 0) is 87.1 Å². The van der Waals surface area contributed by atoms with Gasteiger partial charge in [-0.25, -0.2) is 0 Å². The number of hydrogen-bond acceptors (Lipinski definition) is 4. The Balaban J connectivity index is 1.11. The van der Waals surface area contributed by atoms with Crippen molar-refractivity contribution in [1.29, 1.82) is 0 Å². The lowest BCUT2D eigenvalue weighted by atomic mass is 9.34. The Morgan fingerprint density at radius 2 is 0.750 bits per heavy atom. The topological polar surface area (TPSA) is 36.9 Å². The Labute approximate surface area is 278 Å². The lowest BCUT2D eigenvalue weighted by molar-refractivity contribution is 0.465. The lowest BCUT2D eigenvalue weighted by Gasteiger charge is -2.34. The summed E-state index contributed by atoms with van der Waals surface area (Å²) in [6.07, 6.45) is 0. The maximum absolute atomic E-state index is 6.82. The van der Waals surface area contributed by atoms with E-state index in [1.54, 1.807) is 0 Å². The lowest BCUT2D eigenvalue weighted by Crippen LogP contribution is -2.57. The molecule has 0 fully saturated rings. The molecule has 0 saturated heterocycles. The molecule has 7 aromatic rings. The Bertz CT molecular complexity index is 2420. The van der Waals surface area contributed by atoms with E-state index >= 15 is 0 Å². The van der Waals surface area contributed by atoms with Gasteiger partial charge < -0.3 is 18.9 Å². The van der Waals surface area contributed by atoms with Crippen molar-refractivity contribution in [2.45, 2.75) is 0 Å². The second kappa shape index (κ2) is 9.69. The largest absolute Gasteiger partial charge is 0.458 e. The zero-order valence-corrected chi connectivity index (χ0v) is 25.6. The highest BCUT2D eigenvalue weighted by atomic mass is 16.5. The van der Waals surface area contributed by atoms with Crippen LogP contribution >= 0.6 is 0 Å². The van der Waals surface area contributed by atoms with Gasteiger partial charge in [-0.2, -0.15) is 0 Å². The van der Waals surface area contributed by atoms with Gasteiger partial charge in [0.05, 0.1) is 0 Å². The maximum atomic E-state index is 6.82. The highest BCUT2D eigenvalue weighted by Gasteiger charge is 2.42. The second-order valence-corrected chi connectivity index (χ2v) is 12.7. The quantitative estimate of drug-likeness (QED) is 0.209. The summed E-state index contributed by atoms with van der Waals surface area (Å²) in [5.74, 6) is 6.79. The first-order valence-electron chi connectivity index (χ1n) is 16.3. The van der Waals surface area contributed by atoms with Crippen LogP contribution in [0.4, 0.5) is 0 Å². The van der Waals surface area contributed by atoms with Crippen molar-refractivity contribution in [3.8, 4) is 68.2 Å². The third kappa shape index (κ3) is 3.57. The summed E-state index contributed by atoms with van der Waals surface area (Å²) < 4.78 is 26.6. The van der Waals surface area contributed by atoms with Gasteiger partial charge in [0.1, 0.15) is 46.0 Å².